The third kappa shape index (κ3) is 3.43. The molecule has 2 aliphatic rings. The number of aromatic nitrogens is 1. The van der Waals surface area contributed by atoms with E-state index < -0.39 is 0 Å². The standard InChI is InChI=1S/C17H22N2O2/c20-16-10-9-13-14(18-16)7-4-8-15(13)19-17(21)11-12-5-2-1-3-6-12/h9-11,15H,1-8H2,(H,18,20)(H,19,21)/t15-/m1/s1. The van der Waals surface area contributed by atoms with Gasteiger partial charge in [0.05, 0.1) is 6.04 Å². The third-order valence-corrected chi connectivity index (χ3v) is 4.48. The molecule has 0 bridgehead atoms. The summed E-state index contributed by atoms with van der Waals surface area (Å²) in [4.78, 5) is 26.5. The zero-order valence-corrected chi connectivity index (χ0v) is 12.3. The fourth-order valence-electron chi connectivity index (χ4n) is 3.40. The molecule has 0 radical (unpaired) electrons. The van der Waals surface area contributed by atoms with Gasteiger partial charge in [0.15, 0.2) is 0 Å². The number of rotatable bonds is 2. The first-order valence-corrected chi connectivity index (χ1v) is 7.94. The van der Waals surface area contributed by atoms with Crippen LogP contribution < -0.4 is 10.9 Å². The molecule has 1 fully saturated rings. The van der Waals surface area contributed by atoms with Gasteiger partial charge in [0.2, 0.25) is 11.5 Å². The van der Waals surface area contributed by atoms with E-state index in [0.717, 1.165) is 43.4 Å². The van der Waals surface area contributed by atoms with E-state index in [9.17, 15) is 9.59 Å². The van der Waals surface area contributed by atoms with Crippen molar-refractivity contribution in [2.45, 2.75) is 57.4 Å². The van der Waals surface area contributed by atoms with Crippen LogP contribution in [-0.4, -0.2) is 10.9 Å². The Morgan fingerprint density at radius 2 is 1.95 bits per heavy atom. The summed E-state index contributed by atoms with van der Waals surface area (Å²) >= 11 is 0. The lowest BCUT2D eigenvalue weighted by Crippen LogP contribution is -2.31. The van der Waals surface area contributed by atoms with Crippen molar-refractivity contribution in [2.75, 3.05) is 0 Å². The Labute approximate surface area is 124 Å². The molecule has 4 heteroatoms. The summed E-state index contributed by atoms with van der Waals surface area (Å²) in [5, 5.41) is 3.10. The minimum Gasteiger partial charge on any atom is -0.346 e. The first-order chi connectivity index (χ1) is 10.2. The maximum absolute atomic E-state index is 12.2. The number of carbonyl (C=O) groups excluding carboxylic acids is 1. The van der Waals surface area contributed by atoms with Gasteiger partial charge in [-0.25, -0.2) is 0 Å². The zero-order valence-electron chi connectivity index (χ0n) is 12.3. The SMILES string of the molecule is O=C(C=C1CCCCC1)N[C@@H]1CCCc2[nH]c(=O)ccc21. The Hall–Kier alpha value is -1.84. The van der Waals surface area contributed by atoms with Gasteiger partial charge in [0.25, 0.3) is 0 Å². The summed E-state index contributed by atoms with van der Waals surface area (Å²) in [6, 6.07) is 3.42. The Kier molecular flexibility index (Phi) is 4.23. The predicted molar refractivity (Wildman–Crippen MR) is 82.1 cm³/mol. The van der Waals surface area contributed by atoms with Crippen molar-refractivity contribution in [1.29, 1.82) is 0 Å². The molecule has 1 saturated carbocycles. The molecule has 0 spiro atoms. The van der Waals surface area contributed by atoms with Crippen LogP contribution in [-0.2, 0) is 11.2 Å². The van der Waals surface area contributed by atoms with E-state index in [1.165, 1.54) is 24.8 Å². The van der Waals surface area contributed by atoms with Gasteiger partial charge >= 0.3 is 0 Å². The highest BCUT2D eigenvalue weighted by Crippen LogP contribution is 2.28. The average Bonchev–Trinajstić information content (AvgIpc) is 2.48. The number of hydrogen-bond acceptors (Lipinski definition) is 2. The lowest BCUT2D eigenvalue weighted by molar-refractivity contribution is -0.117. The molecule has 1 heterocycles. The minimum atomic E-state index is -0.0648. The molecule has 1 atom stereocenters. The lowest BCUT2D eigenvalue weighted by Gasteiger charge is -2.25. The molecule has 0 saturated heterocycles. The summed E-state index contributed by atoms with van der Waals surface area (Å²) in [5.41, 5.74) is 3.25. The van der Waals surface area contributed by atoms with Crippen LogP contribution in [0.1, 0.15) is 62.2 Å². The number of fused-ring (bicyclic) bond motifs is 1. The molecule has 0 aromatic carbocycles. The maximum Gasteiger partial charge on any atom is 0.248 e. The third-order valence-electron chi connectivity index (χ3n) is 4.48. The maximum atomic E-state index is 12.2. The molecule has 3 rings (SSSR count). The molecule has 0 aliphatic heterocycles. The second-order valence-electron chi connectivity index (χ2n) is 6.07. The molecular weight excluding hydrogens is 264 g/mol. The molecule has 21 heavy (non-hydrogen) atoms. The van der Waals surface area contributed by atoms with Crippen molar-refractivity contribution in [3.63, 3.8) is 0 Å². The van der Waals surface area contributed by atoms with Crippen molar-refractivity contribution in [2.24, 2.45) is 0 Å². The fourth-order valence-corrected chi connectivity index (χ4v) is 3.40. The van der Waals surface area contributed by atoms with Gasteiger partial charge in [0.1, 0.15) is 0 Å². The molecule has 2 aliphatic carbocycles. The topological polar surface area (TPSA) is 62.0 Å². The number of nitrogens with one attached hydrogen (secondary N) is 2. The van der Waals surface area contributed by atoms with Crippen molar-refractivity contribution in [3.8, 4) is 0 Å². The van der Waals surface area contributed by atoms with Gasteiger partial charge in [0, 0.05) is 17.8 Å². The number of amides is 1. The summed E-state index contributed by atoms with van der Waals surface area (Å²) in [6.45, 7) is 0. The van der Waals surface area contributed by atoms with Gasteiger partial charge in [-0.3, -0.25) is 9.59 Å². The first kappa shape index (κ1) is 14.1. The highest BCUT2D eigenvalue weighted by atomic mass is 16.1. The van der Waals surface area contributed by atoms with E-state index in [2.05, 4.69) is 10.3 Å². The number of H-pyrrole nitrogens is 1. The second kappa shape index (κ2) is 6.29. The highest BCUT2D eigenvalue weighted by Gasteiger charge is 2.22. The van der Waals surface area contributed by atoms with Crippen molar-refractivity contribution in [1.82, 2.24) is 10.3 Å². The van der Waals surface area contributed by atoms with E-state index in [0.29, 0.717) is 0 Å². The second-order valence-corrected chi connectivity index (χ2v) is 6.07. The zero-order chi connectivity index (χ0) is 14.7. The van der Waals surface area contributed by atoms with Gasteiger partial charge in [-0.05, 0) is 56.6 Å². The van der Waals surface area contributed by atoms with Crippen LogP contribution >= 0.6 is 0 Å². The normalized spacial score (nSPS) is 21.5. The quantitative estimate of drug-likeness (QED) is 0.821. The van der Waals surface area contributed by atoms with Gasteiger partial charge in [-0.1, -0.05) is 12.0 Å². The summed E-state index contributed by atoms with van der Waals surface area (Å²) in [5.74, 6) is 0.0101. The van der Waals surface area contributed by atoms with Crippen LogP contribution in [0.2, 0.25) is 0 Å². The monoisotopic (exact) mass is 286 g/mol. The Morgan fingerprint density at radius 1 is 1.14 bits per heavy atom. The minimum absolute atomic E-state index is 0.0101. The van der Waals surface area contributed by atoms with Gasteiger partial charge < -0.3 is 10.3 Å². The van der Waals surface area contributed by atoms with E-state index >= 15 is 0 Å². The molecule has 1 aromatic rings. The van der Waals surface area contributed by atoms with Gasteiger partial charge in [-0.2, -0.15) is 0 Å². The van der Waals surface area contributed by atoms with Crippen molar-refractivity contribution < 1.29 is 4.79 Å². The number of allylic oxidation sites excluding steroid dienone is 1. The number of aromatic amines is 1. The number of carbonyl (C=O) groups is 1. The first-order valence-electron chi connectivity index (χ1n) is 7.94. The van der Waals surface area contributed by atoms with E-state index in [-0.39, 0.29) is 17.5 Å². The molecule has 2 N–H and O–H groups in total. The van der Waals surface area contributed by atoms with Crippen LogP contribution in [0.25, 0.3) is 0 Å². The lowest BCUT2D eigenvalue weighted by atomic mass is 9.91. The predicted octanol–water partition coefficient (Wildman–Crippen LogP) is 2.76. The average molecular weight is 286 g/mol. The Balaban J connectivity index is 1.71. The van der Waals surface area contributed by atoms with Crippen LogP contribution in [0, 0.1) is 0 Å². The molecule has 4 nitrogen and oxygen atoms in total. The Morgan fingerprint density at radius 3 is 2.76 bits per heavy atom. The molecule has 1 aromatic heterocycles. The summed E-state index contributed by atoms with van der Waals surface area (Å²) < 4.78 is 0. The molecule has 0 unspecified atom stereocenters. The Bertz CT molecular complexity index is 607. The highest BCUT2D eigenvalue weighted by molar-refractivity contribution is 5.88. The van der Waals surface area contributed by atoms with E-state index in [1.807, 2.05) is 6.07 Å². The largest absolute Gasteiger partial charge is 0.346 e. The summed E-state index contributed by atoms with van der Waals surface area (Å²) in [6.07, 6.45) is 10.4. The molecular formula is C17H22N2O2. The van der Waals surface area contributed by atoms with Crippen molar-refractivity contribution in [3.05, 3.63) is 45.4 Å². The van der Waals surface area contributed by atoms with Crippen LogP contribution in [0.5, 0.6) is 0 Å². The number of hydrogen-bond donors (Lipinski definition) is 2. The van der Waals surface area contributed by atoms with Crippen LogP contribution in [0.3, 0.4) is 0 Å². The van der Waals surface area contributed by atoms with E-state index in [4.69, 9.17) is 0 Å². The molecule has 112 valence electrons. The van der Waals surface area contributed by atoms with E-state index in [1.54, 1.807) is 12.1 Å². The molecule has 1 amide bonds. The fraction of sp³-hybridized carbons (Fsp3) is 0.529. The van der Waals surface area contributed by atoms with Crippen LogP contribution in [0.4, 0.5) is 0 Å². The number of pyridine rings is 1. The summed E-state index contributed by atoms with van der Waals surface area (Å²) in [7, 11) is 0. The van der Waals surface area contributed by atoms with Gasteiger partial charge in [-0.15, -0.1) is 0 Å². The van der Waals surface area contributed by atoms with Crippen LogP contribution in [0.15, 0.2) is 28.6 Å². The van der Waals surface area contributed by atoms with Crippen molar-refractivity contribution >= 4 is 5.91 Å². The number of aryl methyl sites for hydroxylation is 1. The smallest absolute Gasteiger partial charge is 0.248 e.